The van der Waals surface area contributed by atoms with Gasteiger partial charge in [0.2, 0.25) is 0 Å². The predicted octanol–water partition coefficient (Wildman–Crippen LogP) is 3.86. The highest BCUT2D eigenvalue weighted by Crippen LogP contribution is 2.33. The highest BCUT2D eigenvalue weighted by molar-refractivity contribution is 6.22. The molecule has 180 valence electrons. The Bertz CT molecular complexity index is 1470. The van der Waals surface area contributed by atoms with E-state index in [1.54, 1.807) is 73.1 Å². The van der Waals surface area contributed by atoms with Crippen molar-refractivity contribution in [3.05, 3.63) is 119 Å². The molecule has 9 heteroatoms. The van der Waals surface area contributed by atoms with Crippen LogP contribution in [-0.2, 0) is 13.1 Å². The number of imide groups is 2. The number of rotatable bonds is 6. The number of fused-ring (bicyclic) bond motifs is 2. The Hall–Kier alpha value is -5.18. The molecule has 4 amide bonds. The van der Waals surface area contributed by atoms with Crippen molar-refractivity contribution in [3.8, 4) is 11.5 Å². The molecule has 0 radical (unpaired) electrons. The van der Waals surface area contributed by atoms with E-state index in [0.717, 1.165) is 9.80 Å². The van der Waals surface area contributed by atoms with Crippen molar-refractivity contribution in [2.24, 2.45) is 0 Å². The lowest BCUT2D eigenvalue weighted by molar-refractivity contribution is 0.0625. The van der Waals surface area contributed by atoms with Crippen LogP contribution in [0.3, 0.4) is 0 Å². The van der Waals surface area contributed by atoms with E-state index < -0.39 is 23.6 Å². The van der Waals surface area contributed by atoms with Crippen molar-refractivity contribution in [1.82, 2.24) is 19.8 Å². The summed E-state index contributed by atoms with van der Waals surface area (Å²) in [6, 6.07) is 19.8. The second kappa shape index (κ2) is 8.80. The highest BCUT2D eigenvalue weighted by atomic mass is 16.5. The van der Waals surface area contributed by atoms with Gasteiger partial charge in [-0.05, 0) is 60.7 Å². The number of carbonyl (C=O) groups is 4. The Morgan fingerprint density at radius 3 is 1.38 bits per heavy atom. The fourth-order valence-electron chi connectivity index (χ4n) is 4.40. The van der Waals surface area contributed by atoms with Crippen LogP contribution in [0, 0.1) is 0 Å². The monoisotopic (exact) mass is 490 g/mol. The zero-order chi connectivity index (χ0) is 25.5. The topological polar surface area (TPSA) is 110 Å². The number of hydrogen-bond donors (Lipinski definition) is 0. The first-order valence-corrected chi connectivity index (χ1v) is 11.5. The van der Waals surface area contributed by atoms with Gasteiger partial charge in [-0.2, -0.15) is 0 Å². The lowest BCUT2D eigenvalue weighted by Gasteiger charge is -2.12. The van der Waals surface area contributed by atoms with Gasteiger partial charge in [0.15, 0.2) is 0 Å². The zero-order valence-electron chi connectivity index (χ0n) is 19.3. The minimum Gasteiger partial charge on any atom is -0.457 e. The summed E-state index contributed by atoms with van der Waals surface area (Å²) in [5.74, 6) is -1.02. The third-order valence-electron chi connectivity index (χ3n) is 6.21. The number of aromatic nitrogens is 2. The van der Waals surface area contributed by atoms with E-state index in [2.05, 4.69) is 9.97 Å². The van der Waals surface area contributed by atoms with Crippen molar-refractivity contribution in [1.29, 1.82) is 0 Å². The second-order valence-corrected chi connectivity index (χ2v) is 8.55. The standard InChI is InChI=1S/C28H18N4O5/c33-25-21-9-7-19(13-23(21)27(35)31(25)15-17-5-1-3-11-29-17)37-20-8-10-22-24(14-20)28(36)32(26(22)34)16-18-6-2-4-12-30-18/h1-14H,15-16H2. The molecule has 0 N–H and O–H groups in total. The van der Waals surface area contributed by atoms with E-state index in [1.807, 2.05) is 0 Å². The minimum atomic E-state index is -0.434. The fraction of sp³-hybridized carbons (Fsp3) is 0.0714. The van der Waals surface area contributed by atoms with Gasteiger partial charge in [0.25, 0.3) is 23.6 Å². The first kappa shape index (κ1) is 22.3. The first-order valence-electron chi connectivity index (χ1n) is 11.5. The van der Waals surface area contributed by atoms with Crippen LogP contribution in [0.4, 0.5) is 0 Å². The number of carbonyl (C=O) groups excluding carboxylic acids is 4. The van der Waals surface area contributed by atoms with Gasteiger partial charge in [-0.3, -0.25) is 38.9 Å². The van der Waals surface area contributed by atoms with Crippen LogP contribution >= 0.6 is 0 Å². The van der Waals surface area contributed by atoms with Gasteiger partial charge in [0, 0.05) is 12.4 Å². The van der Waals surface area contributed by atoms with E-state index in [1.165, 1.54) is 12.1 Å². The smallest absolute Gasteiger partial charge is 0.262 e. The van der Waals surface area contributed by atoms with E-state index in [-0.39, 0.29) is 35.3 Å². The average Bonchev–Trinajstić information content (AvgIpc) is 3.30. The van der Waals surface area contributed by atoms with Crippen molar-refractivity contribution >= 4 is 23.6 Å². The van der Waals surface area contributed by atoms with Crippen molar-refractivity contribution in [3.63, 3.8) is 0 Å². The third kappa shape index (κ3) is 3.92. The third-order valence-corrected chi connectivity index (χ3v) is 6.21. The SMILES string of the molecule is O=C1c2ccc(Oc3ccc4c(c3)C(=O)N(Cc3ccccn3)C4=O)cc2C(=O)N1Cc1ccccn1. The Balaban J connectivity index is 1.22. The average molecular weight is 490 g/mol. The number of nitrogens with zero attached hydrogens (tertiary/aromatic N) is 4. The molecule has 0 spiro atoms. The van der Waals surface area contributed by atoms with Gasteiger partial charge >= 0.3 is 0 Å². The van der Waals surface area contributed by atoms with Crippen molar-refractivity contribution < 1.29 is 23.9 Å². The van der Waals surface area contributed by atoms with Crippen LogP contribution in [0.1, 0.15) is 52.8 Å². The van der Waals surface area contributed by atoms with Crippen molar-refractivity contribution in [2.75, 3.05) is 0 Å². The van der Waals surface area contributed by atoms with Crippen LogP contribution in [-0.4, -0.2) is 43.4 Å². The molecule has 2 aromatic heterocycles. The van der Waals surface area contributed by atoms with Crippen LogP contribution < -0.4 is 4.74 Å². The Morgan fingerprint density at radius 2 is 0.973 bits per heavy atom. The summed E-state index contributed by atoms with van der Waals surface area (Å²) in [4.78, 5) is 62.2. The lowest BCUT2D eigenvalue weighted by atomic mass is 10.1. The predicted molar refractivity (Wildman–Crippen MR) is 130 cm³/mol. The lowest BCUT2D eigenvalue weighted by Crippen LogP contribution is -2.29. The Morgan fingerprint density at radius 1 is 0.541 bits per heavy atom. The molecule has 6 rings (SSSR count). The zero-order valence-corrected chi connectivity index (χ0v) is 19.3. The number of ether oxygens (including phenoxy) is 1. The molecule has 4 aromatic rings. The molecule has 0 saturated heterocycles. The van der Waals surface area contributed by atoms with Crippen molar-refractivity contribution in [2.45, 2.75) is 13.1 Å². The van der Waals surface area contributed by atoms with Gasteiger partial charge < -0.3 is 4.74 Å². The molecular weight excluding hydrogens is 472 g/mol. The summed E-state index contributed by atoms with van der Waals surface area (Å²) in [6.07, 6.45) is 3.21. The Kier molecular flexibility index (Phi) is 5.30. The van der Waals surface area contributed by atoms with Gasteiger partial charge in [0.1, 0.15) is 11.5 Å². The molecule has 0 bridgehead atoms. The molecule has 2 aliphatic heterocycles. The molecule has 0 saturated carbocycles. The second-order valence-electron chi connectivity index (χ2n) is 8.55. The summed E-state index contributed by atoms with van der Waals surface area (Å²) >= 11 is 0. The van der Waals surface area contributed by atoms with Gasteiger partial charge in [0.05, 0.1) is 46.7 Å². The summed E-state index contributed by atoms with van der Waals surface area (Å²) in [7, 11) is 0. The molecule has 9 nitrogen and oxygen atoms in total. The summed E-state index contributed by atoms with van der Waals surface area (Å²) in [5.41, 5.74) is 2.23. The number of amides is 4. The molecule has 2 aromatic carbocycles. The van der Waals surface area contributed by atoms with Gasteiger partial charge in [-0.1, -0.05) is 12.1 Å². The number of pyridine rings is 2. The summed E-state index contributed by atoms with van der Waals surface area (Å²) in [5, 5.41) is 0. The van der Waals surface area contributed by atoms with E-state index in [4.69, 9.17) is 4.74 Å². The molecule has 2 aliphatic rings. The quantitative estimate of drug-likeness (QED) is 0.378. The largest absolute Gasteiger partial charge is 0.457 e. The Labute approximate surface area is 210 Å². The van der Waals surface area contributed by atoms with Crippen LogP contribution in [0.5, 0.6) is 11.5 Å². The normalized spacial score (nSPS) is 14.3. The maximum Gasteiger partial charge on any atom is 0.262 e. The van der Waals surface area contributed by atoms with Crippen LogP contribution in [0.25, 0.3) is 0 Å². The van der Waals surface area contributed by atoms with Crippen LogP contribution in [0.2, 0.25) is 0 Å². The molecule has 0 fully saturated rings. The molecule has 37 heavy (non-hydrogen) atoms. The molecule has 4 heterocycles. The maximum atomic E-state index is 13.0. The first-order chi connectivity index (χ1) is 18.0. The van der Waals surface area contributed by atoms with E-state index >= 15 is 0 Å². The number of benzene rings is 2. The molecular formula is C28H18N4O5. The molecule has 0 unspecified atom stereocenters. The highest BCUT2D eigenvalue weighted by Gasteiger charge is 2.37. The fourth-order valence-corrected chi connectivity index (χ4v) is 4.40. The summed E-state index contributed by atoms with van der Waals surface area (Å²) in [6.45, 7) is 0.138. The van der Waals surface area contributed by atoms with Crippen LogP contribution in [0.15, 0.2) is 85.2 Å². The van der Waals surface area contributed by atoms with E-state index in [9.17, 15) is 19.2 Å². The summed E-state index contributed by atoms with van der Waals surface area (Å²) < 4.78 is 5.91. The molecule has 0 atom stereocenters. The van der Waals surface area contributed by atoms with Gasteiger partial charge in [-0.15, -0.1) is 0 Å². The van der Waals surface area contributed by atoms with Gasteiger partial charge in [-0.25, -0.2) is 0 Å². The molecule has 0 aliphatic carbocycles. The maximum absolute atomic E-state index is 13.0. The minimum absolute atomic E-state index is 0.0688. The number of hydrogen-bond acceptors (Lipinski definition) is 7. The van der Waals surface area contributed by atoms with E-state index in [0.29, 0.717) is 22.9 Å².